The number of benzene rings is 1. The summed E-state index contributed by atoms with van der Waals surface area (Å²) in [6.45, 7) is 2.34. The second-order valence-corrected chi connectivity index (χ2v) is 7.07. The first-order chi connectivity index (χ1) is 11.5. The highest BCUT2D eigenvalue weighted by Gasteiger charge is 2.30. The van der Waals surface area contributed by atoms with E-state index in [1.165, 1.54) is 23.5 Å². The Morgan fingerprint density at radius 3 is 2.62 bits per heavy atom. The van der Waals surface area contributed by atoms with Gasteiger partial charge in [0.1, 0.15) is 5.82 Å². The predicted octanol–water partition coefficient (Wildman–Crippen LogP) is 3.52. The van der Waals surface area contributed by atoms with Crippen molar-refractivity contribution in [3.8, 4) is 0 Å². The van der Waals surface area contributed by atoms with Crippen molar-refractivity contribution in [2.45, 2.75) is 26.2 Å². The highest BCUT2D eigenvalue weighted by Crippen LogP contribution is 2.32. The van der Waals surface area contributed by atoms with Gasteiger partial charge in [0.2, 0.25) is 5.91 Å². The van der Waals surface area contributed by atoms with Crippen LogP contribution < -0.4 is 10.6 Å². The highest BCUT2D eigenvalue weighted by molar-refractivity contribution is 7.18. The Morgan fingerprint density at radius 2 is 1.96 bits per heavy atom. The molecule has 6 heteroatoms. The summed E-state index contributed by atoms with van der Waals surface area (Å²) in [5.41, 5.74) is 1.82. The zero-order chi connectivity index (χ0) is 17.1. The van der Waals surface area contributed by atoms with Gasteiger partial charge in [-0.1, -0.05) is 12.1 Å². The van der Waals surface area contributed by atoms with E-state index in [0.717, 1.165) is 24.0 Å². The summed E-state index contributed by atoms with van der Waals surface area (Å²) in [5.74, 6) is -0.232. The van der Waals surface area contributed by atoms with Crippen molar-refractivity contribution in [2.24, 2.45) is 5.92 Å². The van der Waals surface area contributed by atoms with Gasteiger partial charge in [0, 0.05) is 12.5 Å². The third-order valence-corrected chi connectivity index (χ3v) is 5.08. The second kappa shape index (κ2) is 7.13. The maximum atomic E-state index is 12.9. The summed E-state index contributed by atoms with van der Waals surface area (Å²) in [6, 6.07) is 8.08. The molecule has 1 aliphatic rings. The van der Waals surface area contributed by atoms with E-state index in [0.29, 0.717) is 22.8 Å². The van der Waals surface area contributed by atoms with Crippen molar-refractivity contribution >= 4 is 28.2 Å². The van der Waals surface area contributed by atoms with Gasteiger partial charge in [-0.15, -0.1) is 11.3 Å². The summed E-state index contributed by atoms with van der Waals surface area (Å²) < 4.78 is 12.9. The lowest BCUT2D eigenvalue weighted by atomic mass is 10.1. The number of anilines is 1. The van der Waals surface area contributed by atoms with Crippen molar-refractivity contribution in [3.63, 3.8) is 0 Å². The van der Waals surface area contributed by atoms with Crippen LogP contribution in [0.4, 0.5) is 9.39 Å². The molecule has 0 spiro atoms. The molecule has 1 aromatic heterocycles. The first-order valence-corrected chi connectivity index (χ1v) is 8.78. The monoisotopic (exact) mass is 346 g/mol. The summed E-state index contributed by atoms with van der Waals surface area (Å²) in [7, 11) is 0. The fraction of sp³-hybridized carbons (Fsp3) is 0.333. The number of hydrogen-bond acceptors (Lipinski definition) is 3. The van der Waals surface area contributed by atoms with Crippen molar-refractivity contribution in [1.29, 1.82) is 0 Å². The van der Waals surface area contributed by atoms with Gasteiger partial charge < -0.3 is 10.6 Å². The van der Waals surface area contributed by atoms with Crippen LogP contribution in [0, 0.1) is 18.7 Å². The minimum absolute atomic E-state index is 0.0412. The van der Waals surface area contributed by atoms with E-state index >= 15 is 0 Å². The van der Waals surface area contributed by atoms with E-state index in [4.69, 9.17) is 0 Å². The fourth-order valence-electron chi connectivity index (χ4n) is 2.39. The van der Waals surface area contributed by atoms with Gasteiger partial charge in [-0.2, -0.15) is 0 Å². The molecule has 0 bridgehead atoms. The summed E-state index contributed by atoms with van der Waals surface area (Å²) >= 11 is 1.30. The molecule has 2 N–H and O–H groups in total. The van der Waals surface area contributed by atoms with Crippen molar-refractivity contribution in [2.75, 3.05) is 11.9 Å². The molecule has 2 amide bonds. The average molecular weight is 346 g/mol. The normalized spacial score (nSPS) is 13.6. The molecular formula is C18H19FN2O2S. The van der Waals surface area contributed by atoms with Crippen LogP contribution in [0.5, 0.6) is 0 Å². The lowest BCUT2D eigenvalue weighted by molar-refractivity contribution is -0.117. The van der Waals surface area contributed by atoms with Crippen molar-refractivity contribution in [3.05, 3.63) is 52.2 Å². The number of halogens is 1. The van der Waals surface area contributed by atoms with Gasteiger partial charge in [0.25, 0.3) is 5.91 Å². The van der Waals surface area contributed by atoms with E-state index in [2.05, 4.69) is 10.6 Å². The van der Waals surface area contributed by atoms with Crippen LogP contribution in [-0.4, -0.2) is 18.4 Å². The Labute approximate surface area is 144 Å². The van der Waals surface area contributed by atoms with Crippen LogP contribution in [0.15, 0.2) is 30.3 Å². The number of carbonyl (C=O) groups is 2. The largest absolute Gasteiger partial charge is 0.351 e. The third-order valence-electron chi connectivity index (χ3n) is 3.93. The summed E-state index contributed by atoms with van der Waals surface area (Å²) in [5, 5.41) is 6.46. The molecule has 4 nitrogen and oxygen atoms in total. The van der Waals surface area contributed by atoms with Gasteiger partial charge >= 0.3 is 0 Å². The first-order valence-electron chi connectivity index (χ1n) is 7.97. The molecular weight excluding hydrogens is 327 g/mol. The number of amides is 2. The number of aryl methyl sites for hydroxylation is 1. The van der Waals surface area contributed by atoms with E-state index in [1.807, 2.05) is 13.0 Å². The molecule has 1 aromatic carbocycles. The molecule has 3 rings (SSSR count). The zero-order valence-corrected chi connectivity index (χ0v) is 14.2. The van der Waals surface area contributed by atoms with E-state index in [1.54, 1.807) is 12.1 Å². The van der Waals surface area contributed by atoms with E-state index < -0.39 is 0 Å². The fourth-order valence-corrected chi connectivity index (χ4v) is 3.38. The van der Waals surface area contributed by atoms with Gasteiger partial charge in [-0.05, 0) is 55.5 Å². The summed E-state index contributed by atoms with van der Waals surface area (Å²) in [6.07, 6.45) is 2.54. The number of rotatable bonds is 6. The number of carbonyl (C=O) groups excluding carboxylic acids is 2. The molecule has 1 heterocycles. The smallest absolute Gasteiger partial charge is 0.261 e. The molecule has 1 saturated carbocycles. The third kappa shape index (κ3) is 4.20. The second-order valence-electron chi connectivity index (χ2n) is 6.02. The standard InChI is InChI=1S/C18H19FN2O2S/c1-11-10-15(21-17(22)13-4-5-13)24-16(11)18(23)20-9-8-12-2-6-14(19)7-3-12/h2-3,6-7,10,13H,4-5,8-9H2,1H3,(H,20,23)(H,21,22). The van der Waals surface area contributed by atoms with Crippen molar-refractivity contribution in [1.82, 2.24) is 5.32 Å². The molecule has 2 aromatic rings. The molecule has 0 unspecified atom stereocenters. The number of hydrogen-bond donors (Lipinski definition) is 2. The SMILES string of the molecule is Cc1cc(NC(=O)C2CC2)sc1C(=O)NCCc1ccc(F)cc1. The molecule has 0 atom stereocenters. The van der Waals surface area contributed by atoms with Crippen LogP contribution in [0.1, 0.15) is 33.6 Å². The average Bonchev–Trinajstić information content (AvgIpc) is 3.33. The van der Waals surface area contributed by atoms with E-state index in [-0.39, 0.29) is 23.5 Å². The molecule has 1 aliphatic carbocycles. The number of nitrogens with one attached hydrogen (secondary N) is 2. The van der Waals surface area contributed by atoms with E-state index in [9.17, 15) is 14.0 Å². The Balaban J connectivity index is 1.53. The Hall–Kier alpha value is -2.21. The van der Waals surface area contributed by atoms with Gasteiger partial charge in [0.15, 0.2) is 0 Å². The van der Waals surface area contributed by atoms with Gasteiger partial charge in [-0.3, -0.25) is 9.59 Å². The Bertz CT molecular complexity index is 751. The zero-order valence-electron chi connectivity index (χ0n) is 13.4. The predicted molar refractivity (Wildman–Crippen MR) is 92.8 cm³/mol. The molecule has 126 valence electrons. The Morgan fingerprint density at radius 1 is 1.25 bits per heavy atom. The lowest BCUT2D eigenvalue weighted by Gasteiger charge is -2.05. The maximum absolute atomic E-state index is 12.9. The maximum Gasteiger partial charge on any atom is 0.261 e. The van der Waals surface area contributed by atoms with Crippen LogP contribution in [0.25, 0.3) is 0 Å². The Kier molecular flexibility index (Phi) is 4.94. The molecule has 0 saturated heterocycles. The minimum atomic E-state index is -0.266. The highest BCUT2D eigenvalue weighted by atomic mass is 32.1. The number of thiophene rings is 1. The van der Waals surface area contributed by atoms with Crippen LogP contribution in [0.3, 0.4) is 0 Å². The molecule has 0 aliphatic heterocycles. The quantitative estimate of drug-likeness (QED) is 0.841. The minimum Gasteiger partial charge on any atom is -0.351 e. The van der Waals surface area contributed by atoms with Gasteiger partial charge in [0.05, 0.1) is 9.88 Å². The van der Waals surface area contributed by atoms with Crippen LogP contribution in [-0.2, 0) is 11.2 Å². The van der Waals surface area contributed by atoms with Crippen LogP contribution in [0.2, 0.25) is 0 Å². The molecule has 0 radical (unpaired) electrons. The van der Waals surface area contributed by atoms with Crippen molar-refractivity contribution < 1.29 is 14.0 Å². The topological polar surface area (TPSA) is 58.2 Å². The lowest BCUT2D eigenvalue weighted by Crippen LogP contribution is -2.25. The molecule has 24 heavy (non-hydrogen) atoms. The van der Waals surface area contributed by atoms with Gasteiger partial charge in [-0.25, -0.2) is 4.39 Å². The first kappa shape index (κ1) is 16.6. The van der Waals surface area contributed by atoms with Crippen LogP contribution >= 0.6 is 11.3 Å². The molecule has 1 fully saturated rings. The summed E-state index contributed by atoms with van der Waals surface area (Å²) in [4.78, 5) is 24.7.